The lowest BCUT2D eigenvalue weighted by atomic mass is 10.3. The largest absolute Gasteiger partial charge is 0.463 e. The van der Waals surface area contributed by atoms with Crippen molar-refractivity contribution in [3.8, 4) is 0 Å². The van der Waals surface area contributed by atoms with Gasteiger partial charge in [0, 0.05) is 10.7 Å². The summed E-state index contributed by atoms with van der Waals surface area (Å²) in [5.41, 5.74) is -1.04. The molecule has 0 radical (unpaired) electrons. The molecule has 3 nitrogen and oxygen atoms in total. The molecule has 0 spiro atoms. The van der Waals surface area contributed by atoms with Crippen molar-refractivity contribution in [1.82, 2.24) is 0 Å². The Bertz CT molecular complexity index is 469. The quantitative estimate of drug-likeness (QED) is 0.678. The first-order chi connectivity index (χ1) is 8.82. The minimum Gasteiger partial charge on any atom is -0.463 e. The highest BCUT2D eigenvalue weighted by Gasteiger charge is 2.35. The zero-order valence-corrected chi connectivity index (χ0v) is 10.7. The summed E-state index contributed by atoms with van der Waals surface area (Å²) < 4.78 is 42.6. The van der Waals surface area contributed by atoms with E-state index in [9.17, 15) is 18.0 Å². The fourth-order valence-corrected chi connectivity index (χ4v) is 1.31. The Morgan fingerprint density at radius 3 is 2.42 bits per heavy atom. The topological polar surface area (TPSA) is 38.3 Å². The van der Waals surface area contributed by atoms with Crippen molar-refractivity contribution < 1.29 is 22.7 Å². The van der Waals surface area contributed by atoms with E-state index in [1.165, 1.54) is 31.2 Å². The van der Waals surface area contributed by atoms with Gasteiger partial charge in [-0.25, -0.2) is 4.79 Å². The number of carbonyl (C=O) groups excluding carboxylic acids is 1. The molecular weight excluding hydrogens is 283 g/mol. The van der Waals surface area contributed by atoms with Crippen LogP contribution in [0.25, 0.3) is 0 Å². The number of ether oxygens (including phenoxy) is 1. The van der Waals surface area contributed by atoms with E-state index in [1.807, 2.05) is 0 Å². The monoisotopic (exact) mass is 293 g/mol. The Kier molecular flexibility index (Phi) is 5.23. The van der Waals surface area contributed by atoms with Gasteiger partial charge in [0.15, 0.2) is 0 Å². The van der Waals surface area contributed by atoms with Gasteiger partial charge in [-0.05, 0) is 31.2 Å². The zero-order chi connectivity index (χ0) is 14.5. The standard InChI is InChI=1S/C12H11ClF3NO2/c1-2-19-11(18)7-10(12(14,15)16)17-9-5-3-8(13)4-6-9/h3-7,17H,2H2,1H3/b10-7+. The summed E-state index contributed by atoms with van der Waals surface area (Å²) in [6.45, 7) is 1.51. The lowest BCUT2D eigenvalue weighted by Gasteiger charge is -2.14. The van der Waals surface area contributed by atoms with Gasteiger partial charge in [0.1, 0.15) is 5.70 Å². The van der Waals surface area contributed by atoms with Crippen LogP contribution in [-0.4, -0.2) is 18.8 Å². The van der Waals surface area contributed by atoms with Gasteiger partial charge in [0.05, 0.1) is 12.7 Å². The van der Waals surface area contributed by atoms with Gasteiger partial charge >= 0.3 is 12.1 Å². The van der Waals surface area contributed by atoms with Crippen LogP contribution in [0.2, 0.25) is 5.02 Å². The maximum atomic E-state index is 12.7. The number of carbonyl (C=O) groups is 1. The number of halogens is 4. The van der Waals surface area contributed by atoms with Crippen LogP contribution in [0.5, 0.6) is 0 Å². The number of nitrogens with one attached hydrogen (secondary N) is 1. The fraction of sp³-hybridized carbons (Fsp3) is 0.250. The maximum absolute atomic E-state index is 12.7. The Morgan fingerprint density at radius 2 is 1.95 bits per heavy atom. The third kappa shape index (κ3) is 5.21. The van der Waals surface area contributed by atoms with Crippen molar-refractivity contribution in [2.75, 3.05) is 11.9 Å². The average Bonchev–Trinajstić information content (AvgIpc) is 2.30. The number of rotatable bonds is 4. The average molecular weight is 294 g/mol. The van der Waals surface area contributed by atoms with Crippen LogP contribution >= 0.6 is 11.6 Å². The molecule has 0 bridgehead atoms. The molecule has 1 N–H and O–H groups in total. The third-order valence-corrected chi connectivity index (χ3v) is 2.23. The minimum atomic E-state index is -4.69. The molecule has 0 aliphatic heterocycles. The Labute approximate surface area is 113 Å². The molecule has 0 aliphatic rings. The molecule has 0 aliphatic carbocycles. The number of anilines is 1. The second kappa shape index (κ2) is 6.47. The van der Waals surface area contributed by atoms with Crippen molar-refractivity contribution in [2.45, 2.75) is 13.1 Å². The molecule has 19 heavy (non-hydrogen) atoms. The van der Waals surface area contributed by atoms with Crippen molar-refractivity contribution >= 4 is 23.3 Å². The molecule has 1 rings (SSSR count). The van der Waals surface area contributed by atoms with Crippen LogP contribution in [0, 0.1) is 0 Å². The van der Waals surface area contributed by atoms with Crippen LogP contribution in [0.4, 0.5) is 18.9 Å². The molecule has 0 saturated heterocycles. The van der Waals surface area contributed by atoms with Crippen LogP contribution < -0.4 is 5.32 Å². The van der Waals surface area contributed by atoms with Gasteiger partial charge in [-0.15, -0.1) is 0 Å². The number of esters is 1. The van der Waals surface area contributed by atoms with Crippen LogP contribution in [0.15, 0.2) is 36.0 Å². The number of hydrogen-bond acceptors (Lipinski definition) is 3. The molecule has 7 heteroatoms. The van der Waals surface area contributed by atoms with E-state index in [1.54, 1.807) is 0 Å². The first-order valence-electron chi connectivity index (χ1n) is 5.31. The van der Waals surface area contributed by atoms with E-state index in [4.69, 9.17) is 11.6 Å². The molecule has 104 valence electrons. The summed E-state index contributed by atoms with van der Waals surface area (Å²) in [4.78, 5) is 11.1. The molecule has 0 aromatic heterocycles. The Morgan fingerprint density at radius 1 is 1.37 bits per heavy atom. The van der Waals surface area contributed by atoms with Gasteiger partial charge < -0.3 is 10.1 Å². The van der Waals surface area contributed by atoms with Crippen LogP contribution in [-0.2, 0) is 9.53 Å². The van der Waals surface area contributed by atoms with Gasteiger partial charge in [-0.2, -0.15) is 13.2 Å². The summed E-state index contributed by atoms with van der Waals surface area (Å²) in [7, 11) is 0. The zero-order valence-electron chi connectivity index (χ0n) is 9.92. The molecule has 0 heterocycles. The van der Waals surface area contributed by atoms with E-state index >= 15 is 0 Å². The second-order valence-corrected chi connectivity index (χ2v) is 3.88. The molecule has 0 saturated carbocycles. The van der Waals surface area contributed by atoms with E-state index < -0.39 is 17.8 Å². The summed E-state index contributed by atoms with van der Waals surface area (Å²) in [5, 5.41) is 2.51. The minimum absolute atomic E-state index is 0.00140. The third-order valence-electron chi connectivity index (χ3n) is 1.98. The van der Waals surface area contributed by atoms with Gasteiger partial charge in [0.2, 0.25) is 0 Å². The van der Waals surface area contributed by atoms with Crippen LogP contribution in [0.1, 0.15) is 6.92 Å². The van der Waals surface area contributed by atoms with Gasteiger partial charge in [0.25, 0.3) is 0 Å². The molecule has 0 amide bonds. The number of hydrogen-bond donors (Lipinski definition) is 1. The summed E-state index contributed by atoms with van der Waals surface area (Å²) in [6.07, 6.45) is -4.31. The van der Waals surface area contributed by atoms with Crippen molar-refractivity contribution in [3.63, 3.8) is 0 Å². The number of alkyl halides is 3. The first kappa shape index (κ1) is 15.4. The maximum Gasteiger partial charge on any atom is 0.431 e. The van der Waals surface area contributed by atoms with Crippen LogP contribution in [0.3, 0.4) is 0 Å². The Hall–Kier alpha value is -1.69. The van der Waals surface area contributed by atoms with Crippen molar-refractivity contribution in [3.05, 3.63) is 41.1 Å². The van der Waals surface area contributed by atoms with E-state index in [2.05, 4.69) is 10.1 Å². The predicted octanol–water partition coefficient (Wildman–Crippen LogP) is 3.76. The first-order valence-corrected chi connectivity index (χ1v) is 5.69. The molecule has 0 atom stereocenters. The Balaban J connectivity index is 2.93. The SMILES string of the molecule is CCOC(=O)/C=C(/Nc1ccc(Cl)cc1)C(F)(F)F. The molecule has 0 fully saturated rings. The van der Waals surface area contributed by atoms with Gasteiger partial charge in [-0.3, -0.25) is 0 Å². The highest BCUT2D eigenvalue weighted by atomic mass is 35.5. The highest BCUT2D eigenvalue weighted by molar-refractivity contribution is 6.30. The molecule has 1 aromatic rings. The molecular formula is C12H11ClF3NO2. The number of benzene rings is 1. The van der Waals surface area contributed by atoms with E-state index in [0.717, 1.165) is 0 Å². The summed E-state index contributed by atoms with van der Waals surface area (Å²) in [6, 6.07) is 5.60. The fourth-order valence-electron chi connectivity index (χ4n) is 1.18. The summed E-state index contributed by atoms with van der Waals surface area (Å²) in [5.74, 6) is -1.06. The van der Waals surface area contributed by atoms with Gasteiger partial charge in [-0.1, -0.05) is 11.6 Å². The lowest BCUT2D eigenvalue weighted by Crippen LogP contribution is -2.21. The number of allylic oxidation sites excluding steroid dienone is 1. The lowest BCUT2D eigenvalue weighted by molar-refractivity contribution is -0.138. The van der Waals surface area contributed by atoms with Crippen molar-refractivity contribution in [1.29, 1.82) is 0 Å². The highest BCUT2D eigenvalue weighted by Crippen LogP contribution is 2.27. The van der Waals surface area contributed by atoms with E-state index in [0.29, 0.717) is 11.1 Å². The normalized spacial score (nSPS) is 12.2. The predicted molar refractivity (Wildman–Crippen MR) is 65.8 cm³/mol. The molecule has 1 aromatic carbocycles. The molecule has 0 unspecified atom stereocenters. The van der Waals surface area contributed by atoms with E-state index in [-0.39, 0.29) is 12.3 Å². The second-order valence-electron chi connectivity index (χ2n) is 3.44. The smallest absolute Gasteiger partial charge is 0.431 e. The summed E-state index contributed by atoms with van der Waals surface area (Å²) >= 11 is 5.62. The van der Waals surface area contributed by atoms with Crippen molar-refractivity contribution in [2.24, 2.45) is 0 Å².